The number of carbonyl (C=O) groups excluding carboxylic acids is 1. The minimum absolute atomic E-state index is 0. The molecule has 0 aliphatic heterocycles. The fourth-order valence-electron chi connectivity index (χ4n) is 2.64. The van der Waals surface area contributed by atoms with Crippen molar-refractivity contribution in [2.75, 3.05) is 0 Å². The molecule has 0 aliphatic carbocycles. The zero-order valence-corrected chi connectivity index (χ0v) is 17.0. The zero-order valence-electron chi connectivity index (χ0n) is 14.8. The van der Waals surface area contributed by atoms with Gasteiger partial charge in [0, 0.05) is 5.97 Å². The van der Waals surface area contributed by atoms with Crippen molar-refractivity contribution in [3.63, 3.8) is 0 Å². The van der Waals surface area contributed by atoms with E-state index in [1.54, 1.807) is 0 Å². The second-order valence-corrected chi connectivity index (χ2v) is 6.07. The third kappa shape index (κ3) is 25.6. The first-order chi connectivity index (χ1) is 9.77. The molecule has 22 heavy (non-hydrogen) atoms. The van der Waals surface area contributed by atoms with Gasteiger partial charge in [-0.05, 0) is 12.8 Å². The van der Waals surface area contributed by atoms with Crippen molar-refractivity contribution in [2.24, 2.45) is 0 Å². The molecule has 0 aromatic carbocycles. The summed E-state index contributed by atoms with van der Waals surface area (Å²) in [4.78, 5) is 10.2. The van der Waals surface area contributed by atoms with E-state index in [-0.39, 0.29) is 49.6 Å². The summed E-state index contributed by atoms with van der Waals surface area (Å²) in [5.74, 6) is -0.903. The number of carboxylic acid groups (broad SMARTS) is 1. The monoisotopic (exact) mass is 340 g/mol. The Hall–Kier alpha value is 0.690. The summed E-state index contributed by atoms with van der Waals surface area (Å²) >= 11 is 0. The quantitative estimate of drug-likeness (QED) is 0.308. The Labute approximate surface area is 167 Å². The molecule has 0 fully saturated rings. The van der Waals surface area contributed by atoms with Crippen LogP contribution in [0.4, 0.5) is 0 Å². The SMILES string of the molecule is CCCCCCCCCCCCCCCCCC(=O)[O-].[Ca+2].[OH-]. The third-order valence-electron chi connectivity index (χ3n) is 3.98. The van der Waals surface area contributed by atoms with Crippen molar-refractivity contribution < 1.29 is 15.4 Å². The Morgan fingerprint density at radius 1 is 0.636 bits per heavy atom. The van der Waals surface area contributed by atoms with Crippen molar-refractivity contribution in [3.05, 3.63) is 0 Å². The number of carbonyl (C=O) groups is 1. The summed E-state index contributed by atoms with van der Waals surface area (Å²) in [6.45, 7) is 2.27. The second-order valence-electron chi connectivity index (χ2n) is 6.07. The van der Waals surface area contributed by atoms with Gasteiger partial charge in [-0.25, -0.2) is 0 Å². The van der Waals surface area contributed by atoms with Gasteiger partial charge in [0.2, 0.25) is 0 Å². The molecule has 0 saturated carbocycles. The summed E-state index contributed by atoms with van der Waals surface area (Å²) in [6.07, 6.45) is 19.9. The molecule has 0 bridgehead atoms. The Bertz CT molecular complexity index is 211. The first-order valence-corrected chi connectivity index (χ1v) is 8.97. The van der Waals surface area contributed by atoms with E-state index in [1.165, 1.54) is 83.5 Å². The van der Waals surface area contributed by atoms with E-state index in [0.29, 0.717) is 0 Å². The average molecular weight is 341 g/mol. The normalized spacial score (nSPS) is 9.86. The van der Waals surface area contributed by atoms with Crippen LogP contribution in [0.2, 0.25) is 0 Å². The first-order valence-electron chi connectivity index (χ1n) is 8.97. The van der Waals surface area contributed by atoms with E-state index in [2.05, 4.69) is 6.92 Å². The van der Waals surface area contributed by atoms with E-state index in [1.807, 2.05) is 0 Å². The van der Waals surface area contributed by atoms with Gasteiger partial charge in [-0.3, -0.25) is 0 Å². The molecule has 0 atom stereocenters. The first kappa shape index (κ1) is 27.5. The summed E-state index contributed by atoms with van der Waals surface area (Å²) in [5.41, 5.74) is 0. The Kier molecular flexibility index (Phi) is 30.0. The second kappa shape index (κ2) is 23.9. The number of unbranched alkanes of at least 4 members (excludes halogenated alkanes) is 14. The maximum absolute atomic E-state index is 10.2. The van der Waals surface area contributed by atoms with Crippen LogP contribution >= 0.6 is 0 Å². The van der Waals surface area contributed by atoms with Gasteiger partial charge in [-0.1, -0.05) is 96.8 Å². The van der Waals surface area contributed by atoms with E-state index in [0.717, 1.165) is 12.8 Å². The molecular weight excluding hydrogens is 304 g/mol. The minimum atomic E-state index is -0.903. The van der Waals surface area contributed by atoms with Crippen LogP contribution in [0.1, 0.15) is 110 Å². The molecule has 0 rings (SSSR count). The Morgan fingerprint density at radius 3 is 1.18 bits per heavy atom. The van der Waals surface area contributed by atoms with Crippen LogP contribution in [0.3, 0.4) is 0 Å². The van der Waals surface area contributed by atoms with Crippen molar-refractivity contribution in [1.82, 2.24) is 0 Å². The Morgan fingerprint density at radius 2 is 0.909 bits per heavy atom. The van der Waals surface area contributed by atoms with Gasteiger partial charge in [-0.15, -0.1) is 0 Å². The predicted molar refractivity (Wildman–Crippen MR) is 92.2 cm³/mol. The number of rotatable bonds is 16. The smallest absolute Gasteiger partial charge is 0.870 e. The number of hydrogen-bond donors (Lipinski definition) is 0. The number of aliphatic carboxylic acids is 1. The number of hydrogen-bond acceptors (Lipinski definition) is 3. The van der Waals surface area contributed by atoms with Crippen molar-refractivity contribution in [3.8, 4) is 0 Å². The predicted octanol–water partition coefficient (Wildman–Crippen LogP) is 4.44. The van der Waals surface area contributed by atoms with Gasteiger partial charge >= 0.3 is 37.7 Å². The van der Waals surface area contributed by atoms with Crippen LogP contribution in [0.15, 0.2) is 0 Å². The molecular formula is C18H36CaO3. The molecule has 3 nitrogen and oxygen atoms in total. The summed E-state index contributed by atoms with van der Waals surface area (Å²) in [7, 11) is 0. The van der Waals surface area contributed by atoms with Gasteiger partial charge < -0.3 is 15.4 Å². The molecule has 0 spiro atoms. The standard InChI is InChI=1S/C18H36O2.Ca.H2O/c1-2-3-4-5-6-7-8-9-10-11-12-13-14-15-16-17-18(19)20;;/h2-17H2,1H3,(H,19,20);;1H2/q;+2;/p-2. The molecule has 0 aliphatic rings. The van der Waals surface area contributed by atoms with Gasteiger partial charge in [-0.2, -0.15) is 0 Å². The average Bonchev–Trinajstić information content (AvgIpc) is 2.43. The van der Waals surface area contributed by atoms with Gasteiger partial charge in [0.15, 0.2) is 0 Å². The molecule has 0 aromatic rings. The molecule has 0 radical (unpaired) electrons. The van der Waals surface area contributed by atoms with Gasteiger partial charge in [0.25, 0.3) is 0 Å². The van der Waals surface area contributed by atoms with Crippen LogP contribution in [0.5, 0.6) is 0 Å². The van der Waals surface area contributed by atoms with Crippen LogP contribution in [0.25, 0.3) is 0 Å². The maximum Gasteiger partial charge on any atom is 2.00 e. The van der Waals surface area contributed by atoms with Gasteiger partial charge in [0.05, 0.1) is 0 Å². The van der Waals surface area contributed by atoms with Crippen molar-refractivity contribution >= 4 is 43.7 Å². The molecule has 0 heterocycles. The molecule has 0 saturated heterocycles. The number of carboxylic acids is 1. The Balaban J connectivity index is -0.00000180. The molecule has 128 valence electrons. The molecule has 1 N–H and O–H groups in total. The summed E-state index contributed by atoms with van der Waals surface area (Å²) in [5, 5.41) is 10.2. The van der Waals surface area contributed by atoms with E-state index >= 15 is 0 Å². The molecule has 0 unspecified atom stereocenters. The van der Waals surface area contributed by atoms with Crippen molar-refractivity contribution in [2.45, 2.75) is 110 Å². The topological polar surface area (TPSA) is 70.1 Å². The van der Waals surface area contributed by atoms with E-state index in [4.69, 9.17) is 0 Å². The maximum atomic E-state index is 10.2. The zero-order chi connectivity index (χ0) is 14.9. The third-order valence-corrected chi connectivity index (χ3v) is 3.98. The van der Waals surface area contributed by atoms with E-state index < -0.39 is 5.97 Å². The van der Waals surface area contributed by atoms with E-state index in [9.17, 15) is 9.90 Å². The van der Waals surface area contributed by atoms with Crippen molar-refractivity contribution in [1.29, 1.82) is 0 Å². The summed E-state index contributed by atoms with van der Waals surface area (Å²) in [6, 6.07) is 0. The fourth-order valence-corrected chi connectivity index (χ4v) is 2.64. The molecule has 0 aromatic heterocycles. The van der Waals surface area contributed by atoms with Crippen LogP contribution in [-0.2, 0) is 4.79 Å². The van der Waals surface area contributed by atoms with Gasteiger partial charge in [0.1, 0.15) is 0 Å². The largest absolute Gasteiger partial charge is 2.00 e. The van der Waals surface area contributed by atoms with Crippen LogP contribution in [0, 0.1) is 0 Å². The molecule has 4 heteroatoms. The minimum Gasteiger partial charge on any atom is -0.870 e. The summed E-state index contributed by atoms with van der Waals surface area (Å²) < 4.78 is 0. The van der Waals surface area contributed by atoms with Crippen LogP contribution in [-0.4, -0.2) is 49.2 Å². The fraction of sp³-hybridized carbons (Fsp3) is 0.944. The molecule has 0 amide bonds. The van der Waals surface area contributed by atoms with Crippen LogP contribution < -0.4 is 5.11 Å².